The van der Waals surface area contributed by atoms with E-state index in [9.17, 15) is 4.79 Å². The summed E-state index contributed by atoms with van der Waals surface area (Å²) in [6.45, 7) is 0. The van der Waals surface area contributed by atoms with E-state index in [0.717, 1.165) is 24.2 Å². The maximum Gasteiger partial charge on any atom is 0.244 e. The molecule has 0 bridgehead atoms. The lowest BCUT2D eigenvalue weighted by atomic mass is 10.1. The van der Waals surface area contributed by atoms with Crippen LogP contribution in [0.5, 0.6) is 5.75 Å². The summed E-state index contributed by atoms with van der Waals surface area (Å²) < 4.78 is 5.10. The van der Waals surface area contributed by atoms with Crippen molar-refractivity contribution < 1.29 is 9.53 Å². The fourth-order valence-electron chi connectivity index (χ4n) is 2.56. The first-order valence-corrected chi connectivity index (χ1v) is 7.40. The third-order valence-electron chi connectivity index (χ3n) is 3.74. The molecule has 0 atom stereocenters. The molecule has 1 aliphatic rings. The van der Waals surface area contributed by atoms with Crippen molar-refractivity contribution in [3.8, 4) is 5.75 Å². The fraction of sp³-hybridized carbons (Fsp3) is 0.471. The molecule has 108 valence electrons. The first-order valence-electron chi connectivity index (χ1n) is 7.40. The highest BCUT2D eigenvalue weighted by molar-refractivity contribution is 5.91. The van der Waals surface area contributed by atoms with E-state index in [4.69, 9.17) is 4.74 Å². The van der Waals surface area contributed by atoms with Gasteiger partial charge in [-0.2, -0.15) is 0 Å². The van der Waals surface area contributed by atoms with Gasteiger partial charge in [-0.15, -0.1) is 0 Å². The minimum atomic E-state index is 0.00715. The van der Waals surface area contributed by atoms with E-state index >= 15 is 0 Å². The molecule has 1 aliphatic carbocycles. The van der Waals surface area contributed by atoms with E-state index in [1.807, 2.05) is 30.3 Å². The Morgan fingerprint density at radius 2 is 1.80 bits per heavy atom. The van der Waals surface area contributed by atoms with Gasteiger partial charge >= 0.3 is 0 Å². The smallest absolute Gasteiger partial charge is 0.244 e. The predicted octanol–water partition coefficient (Wildman–Crippen LogP) is 3.55. The van der Waals surface area contributed by atoms with Crippen molar-refractivity contribution in [3.63, 3.8) is 0 Å². The van der Waals surface area contributed by atoms with Gasteiger partial charge < -0.3 is 10.1 Å². The lowest BCUT2D eigenvalue weighted by Gasteiger charge is -2.14. The second-order valence-corrected chi connectivity index (χ2v) is 5.30. The Hall–Kier alpha value is -1.77. The second kappa shape index (κ2) is 7.73. The van der Waals surface area contributed by atoms with Crippen LogP contribution >= 0.6 is 0 Å². The molecule has 1 aromatic carbocycles. The zero-order valence-corrected chi connectivity index (χ0v) is 12.1. The van der Waals surface area contributed by atoms with E-state index < -0.39 is 0 Å². The number of methoxy groups -OCH3 is 1. The number of hydrogen-bond acceptors (Lipinski definition) is 2. The molecule has 0 saturated heterocycles. The zero-order valence-electron chi connectivity index (χ0n) is 12.1. The lowest BCUT2D eigenvalue weighted by molar-refractivity contribution is -0.117. The van der Waals surface area contributed by atoms with Crippen molar-refractivity contribution in [2.75, 3.05) is 7.11 Å². The van der Waals surface area contributed by atoms with Crippen molar-refractivity contribution in [1.29, 1.82) is 0 Å². The largest absolute Gasteiger partial charge is 0.497 e. The topological polar surface area (TPSA) is 38.3 Å². The minimum absolute atomic E-state index is 0.00715. The molecule has 0 spiro atoms. The summed E-state index contributed by atoms with van der Waals surface area (Å²) in [4.78, 5) is 11.9. The minimum Gasteiger partial charge on any atom is -0.497 e. The second-order valence-electron chi connectivity index (χ2n) is 5.30. The van der Waals surface area contributed by atoms with Crippen LogP contribution in [0.1, 0.15) is 44.1 Å². The summed E-state index contributed by atoms with van der Waals surface area (Å²) in [7, 11) is 1.64. The highest BCUT2D eigenvalue weighted by Gasteiger charge is 2.12. The van der Waals surface area contributed by atoms with Crippen molar-refractivity contribution in [3.05, 3.63) is 35.9 Å². The number of carbonyl (C=O) groups excluding carboxylic acids is 1. The Morgan fingerprint density at radius 1 is 1.15 bits per heavy atom. The monoisotopic (exact) mass is 273 g/mol. The van der Waals surface area contributed by atoms with Crippen LogP contribution in [0.2, 0.25) is 0 Å². The molecule has 0 unspecified atom stereocenters. The quantitative estimate of drug-likeness (QED) is 0.673. The maximum atomic E-state index is 11.9. The van der Waals surface area contributed by atoms with Crippen molar-refractivity contribution >= 4 is 12.0 Å². The van der Waals surface area contributed by atoms with E-state index in [-0.39, 0.29) is 5.91 Å². The lowest BCUT2D eigenvalue weighted by Crippen LogP contribution is -2.33. The van der Waals surface area contributed by atoms with Gasteiger partial charge in [-0.3, -0.25) is 4.79 Å². The van der Waals surface area contributed by atoms with Crippen LogP contribution in [0.25, 0.3) is 6.08 Å². The molecule has 0 heterocycles. The average molecular weight is 273 g/mol. The molecule has 3 nitrogen and oxygen atoms in total. The number of amides is 1. The molecule has 0 radical (unpaired) electrons. The summed E-state index contributed by atoms with van der Waals surface area (Å²) in [5, 5.41) is 3.10. The maximum absolute atomic E-state index is 11.9. The average Bonchev–Trinajstić information content (AvgIpc) is 2.74. The molecule has 0 aromatic heterocycles. The van der Waals surface area contributed by atoms with Gasteiger partial charge in [0.25, 0.3) is 0 Å². The van der Waals surface area contributed by atoms with Gasteiger partial charge in [0.05, 0.1) is 7.11 Å². The van der Waals surface area contributed by atoms with Crippen LogP contribution in [-0.2, 0) is 4.79 Å². The van der Waals surface area contributed by atoms with Crippen molar-refractivity contribution in [2.45, 2.75) is 44.6 Å². The first kappa shape index (κ1) is 14.6. The molecule has 1 fully saturated rings. The van der Waals surface area contributed by atoms with Crippen molar-refractivity contribution in [2.24, 2.45) is 0 Å². The summed E-state index contributed by atoms with van der Waals surface area (Å²) in [6.07, 6.45) is 10.7. The van der Waals surface area contributed by atoms with E-state index in [1.165, 1.54) is 25.7 Å². The van der Waals surface area contributed by atoms with Crippen LogP contribution in [0.4, 0.5) is 0 Å². The van der Waals surface area contributed by atoms with Crippen molar-refractivity contribution in [1.82, 2.24) is 5.32 Å². The third-order valence-corrected chi connectivity index (χ3v) is 3.74. The molecular weight excluding hydrogens is 250 g/mol. The number of ether oxygens (including phenoxy) is 1. The van der Waals surface area contributed by atoms with Crippen LogP contribution in [-0.4, -0.2) is 19.1 Å². The van der Waals surface area contributed by atoms with Gasteiger partial charge in [0.1, 0.15) is 5.75 Å². The van der Waals surface area contributed by atoms with Crippen LogP contribution in [0.3, 0.4) is 0 Å². The number of carbonyl (C=O) groups is 1. The first-order chi connectivity index (χ1) is 9.78. The summed E-state index contributed by atoms with van der Waals surface area (Å²) in [5.74, 6) is 0.831. The van der Waals surface area contributed by atoms with Crippen LogP contribution in [0.15, 0.2) is 30.3 Å². The standard InChI is InChI=1S/C17H23NO2/c1-20-16-11-8-14(9-12-16)10-13-17(19)18-15-6-4-2-3-5-7-15/h8-13,15H,2-7H2,1H3,(H,18,19)/b13-10+. The molecule has 20 heavy (non-hydrogen) atoms. The SMILES string of the molecule is COc1ccc(/C=C/C(=O)NC2CCCCCC2)cc1. The Kier molecular flexibility index (Phi) is 5.66. The number of nitrogens with one attached hydrogen (secondary N) is 1. The Labute approximate surface area is 121 Å². The van der Waals surface area contributed by atoms with Gasteiger partial charge in [0.15, 0.2) is 0 Å². The van der Waals surface area contributed by atoms with Crippen LogP contribution in [0, 0.1) is 0 Å². The molecule has 3 heteroatoms. The molecule has 2 rings (SSSR count). The molecule has 1 saturated carbocycles. The van der Waals surface area contributed by atoms with Gasteiger partial charge in [-0.05, 0) is 36.6 Å². The fourth-order valence-corrected chi connectivity index (χ4v) is 2.56. The number of rotatable bonds is 4. The van der Waals surface area contributed by atoms with E-state index in [0.29, 0.717) is 6.04 Å². The Balaban J connectivity index is 1.84. The predicted molar refractivity (Wildman–Crippen MR) is 81.7 cm³/mol. The normalized spacial score (nSPS) is 16.9. The van der Waals surface area contributed by atoms with Gasteiger partial charge in [0, 0.05) is 12.1 Å². The van der Waals surface area contributed by atoms with Gasteiger partial charge in [-0.1, -0.05) is 37.8 Å². The third kappa shape index (κ3) is 4.72. The molecule has 0 aliphatic heterocycles. The number of hydrogen-bond donors (Lipinski definition) is 1. The van der Waals surface area contributed by atoms with Gasteiger partial charge in [-0.25, -0.2) is 0 Å². The highest BCUT2D eigenvalue weighted by Crippen LogP contribution is 2.17. The van der Waals surface area contributed by atoms with E-state index in [1.54, 1.807) is 13.2 Å². The zero-order chi connectivity index (χ0) is 14.2. The molecule has 1 amide bonds. The highest BCUT2D eigenvalue weighted by atomic mass is 16.5. The molecular formula is C17H23NO2. The Bertz CT molecular complexity index is 443. The number of benzene rings is 1. The van der Waals surface area contributed by atoms with Gasteiger partial charge in [0.2, 0.25) is 5.91 Å². The molecule has 1 aromatic rings. The molecule has 1 N–H and O–H groups in total. The summed E-state index contributed by atoms with van der Waals surface area (Å²) in [5.41, 5.74) is 1.00. The Morgan fingerprint density at radius 3 is 2.40 bits per heavy atom. The summed E-state index contributed by atoms with van der Waals surface area (Å²) in [6, 6.07) is 8.01. The summed E-state index contributed by atoms with van der Waals surface area (Å²) >= 11 is 0. The van der Waals surface area contributed by atoms with E-state index in [2.05, 4.69) is 5.32 Å². The van der Waals surface area contributed by atoms with Crippen LogP contribution < -0.4 is 10.1 Å².